The number of halogens is 2. The molecular weight excluding hydrogens is 262 g/mol. The van der Waals surface area contributed by atoms with Gasteiger partial charge >= 0.3 is 0 Å². The van der Waals surface area contributed by atoms with Gasteiger partial charge in [0.2, 0.25) is 0 Å². The lowest BCUT2D eigenvalue weighted by atomic mass is 9.78. The van der Waals surface area contributed by atoms with E-state index in [1.165, 1.54) is 0 Å². The molecule has 1 fully saturated rings. The van der Waals surface area contributed by atoms with Gasteiger partial charge in [-0.2, -0.15) is 0 Å². The van der Waals surface area contributed by atoms with Crippen molar-refractivity contribution in [3.8, 4) is 0 Å². The van der Waals surface area contributed by atoms with Crippen LogP contribution in [0.5, 0.6) is 0 Å². The summed E-state index contributed by atoms with van der Waals surface area (Å²) in [6.07, 6.45) is 2.97. The minimum Gasteiger partial charge on any atom is -0.396 e. The van der Waals surface area contributed by atoms with Crippen molar-refractivity contribution in [2.75, 3.05) is 5.73 Å². The standard InChI is InChI=1S/C15H20F2N2O/c1-8-4-3-5-12(9(8)2)19-15(20)13-10(16)6-7-11(18)14(13)17/h6-9,12H,3-5,18H2,1-2H3,(H,19,20). The average molecular weight is 282 g/mol. The number of nitrogens with one attached hydrogen (secondary N) is 1. The van der Waals surface area contributed by atoms with Crippen molar-refractivity contribution in [1.82, 2.24) is 5.32 Å². The van der Waals surface area contributed by atoms with E-state index in [0.717, 1.165) is 31.4 Å². The Hall–Kier alpha value is -1.65. The molecule has 110 valence electrons. The molecule has 1 aliphatic rings. The second-order valence-electron chi connectivity index (χ2n) is 5.67. The number of nitrogens with two attached hydrogens (primary N) is 1. The molecule has 1 saturated carbocycles. The number of carbonyl (C=O) groups excluding carboxylic acids is 1. The lowest BCUT2D eigenvalue weighted by Gasteiger charge is -2.34. The Morgan fingerprint density at radius 3 is 2.70 bits per heavy atom. The van der Waals surface area contributed by atoms with Gasteiger partial charge in [-0.05, 0) is 30.4 Å². The van der Waals surface area contributed by atoms with Crippen LogP contribution in [0, 0.1) is 23.5 Å². The van der Waals surface area contributed by atoms with Crippen LogP contribution in [0.2, 0.25) is 0 Å². The van der Waals surface area contributed by atoms with Crippen LogP contribution >= 0.6 is 0 Å². The van der Waals surface area contributed by atoms with E-state index in [4.69, 9.17) is 5.73 Å². The topological polar surface area (TPSA) is 55.1 Å². The van der Waals surface area contributed by atoms with E-state index in [0.29, 0.717) is 11.8 Å². The average Bonchev–Trinajstić information content (AvgIpc) is 2.40. The highest BCUT2D eigenvalue weighted by atomic mass is 19.1. The monoisotopic (exact) mass is 282 g/mol. The summed E-state index contributed by atoms with van der Waals surface area (Å²) in [6.45, 7) is 4.19. The highest BCUT2D eigenvalue weighted by molar-refractivity contribution is 5.95. The van der Waals surface area contributed by atoms with Crippen LogP contribution in [0.15, 0.2) is 12.1 Å². The first-order valence-electron chi connectivity index (χ1n) is 6.96. The van der Waals surface area contributed by atoms with Gasteiger partial charge < -0.3 is 11.1 Å². The first-order chi connectivity index (χ1) is 9.41. The van der Waals surface area contributed by atoms with E-state index in [1.807, 2.05) is 0 Å². The van der Waals surface area contributed by atoms with E-state index in [2.05, 4.69) is 19.2 Å². The molecule has 0 saturated heterocycles. The molecule has 3 N–H and O–H groups in total. The normalized spacial score (nSPS) is 26.3. The van der Waals surface area contributed by atoms with Crippen molar-refractivity contribution in [3.05, 3.63) is 29.3 Å². The minimum atomic E-state index is -0.987. The fourth-order valence-corrected chi connectivity index (χ4v) is 2.80. The maximum absolute atomic E-state index is 13.8. The van der Waals surface area contributed by atoms with Crippen molar-refractivity contribution >= 4 is 11.6 Å². The Labute approximate surface area is 117 Å². The number of nitrogen functional groups attached to an aromatic ring is 1. The van der Waals surface area contributed by atoms with Crippen LogP contribution < -0.4 is 11.1 Å². The summed E-state index contributed by atoms with van der Waals surface area (Å²) in [5.41, 5.74) is 4.58. The number of hydrogen-bond acceptors (Lipinski definition) is 2. The smallest absolute Gasteiger partial charge is 0.257 e. The highest BCUT2D eigenvalue weighted by Crippen LogP contribution is 2.30. The van der Waals surface area contributed by atoms with E-state index in [-0.39, 0.29) is 11.7 Å². The van der Waals surface area contributed by atoms with Gasteiger partial charge in [0.15, 0.2) is 5.82 Å². The molecule has 0 radical (unpaired) electrons. The molecule has 2 rings (SSSR count). The predicted molar refractivity (Wildman–Crippen MR) is 74.2 cm³/mol. The van der Waals surface area contributed by atoms with Gasteiger partial charge in [0.1, 0.15) is 11.4 Å². The summed E-state index contributed by atoms with van der Waals surface area (Å²) in [6, 6.07) is 2.08. The minimum absolute atomic E-state index is 0.0496. The number of benzene rings is 1. The summed E-state index contributed by atoms with van der Waals surface area (Å²) in [4.78, 5) is 12.1. The van der Waals surface area contributed by atoms with Gasteiger partial charge in [-0.3, -0.25) is 4.79 Å². The molecule has 20 heavy (non-hydrogen) atoms. The van der Waals surface area contributed by atoms with Crippen LogP contribution in [0.3, 0.4) is 0 Å². The quantitative estimate of drug-likeness (QED) is 0.819. The lowest BCUT2D eigenvalue weighted by molar-refractivity contribution is 0.0882. The van der Waals surface area contributed by atoms with Gasteiger partial charge in [-0.1, -0.05) is 26.7 Å². The molecule has 0 heterocycles. The van der Waals surface area contributed by atoms with E-state index in [9.17, 15) is 13.6 Å². The van der Waals surface area contributed by atoms with Crippen LogP contribution in [0.4, 0.5) is 14.5 Å². The molecule has 3 atom stereocenters. The number of anilines is 1. The molecule has 3 unspecified atom stereocenters. The van der Waals surface area contributed by atoms with Gasteiger partial charge in [0.05, 0.1) is 5.69 Å². The molecule has 0 aliphatic heterocycles. The first kappa shape index (κ1) is 14.8. The molecule has 1 aromatic rings. The third-order valence-corrected chi connectivity index (χ3v) is 4.37. The predicted octanol–water partition coefficient (Wildman–Crippen LogP) is 3.10. The van der Waals surface area contributed by atoms with Crippen LogP contribution in [0.25, 0.3) is 0 Å². The maximum atomic E-state index is 13.8. The summed E-state index contributed by atoms with van der Waals surface area (Å²) >= 11 is 0. The third kappa shape index (κ3) is 2.76. The zero-order valence-electron chi connectivity index (χ0n) is 11.7. The van der Waals surface area contributed by atoms with E-state index < -0.39 is 23.1 Å². The Bertz CT molecular complexity index is 519. The number of hydrogen-bond donors (Lipinski definition) is 2. The first-order valence-corrected chi connectivity index (χ1v) is 6.96. The lowest BCUT2D eigenvalue weighted by Crippen LogP contribution is -2.44. The fourth-order valence-electron chi connectivity index (χ4n) is 2.80. The van der Waals surface area contributed by atoms with Gasteiger partial charge in [-0.15, -0.1) is 0 Å². The number of rotatable bonds is 2. The summed E-state index contributed by atoms with van der Waals surface area (Å²) < 4.78 is 27.5. The molecule has 1 amide bonds. The fraction of sp³-hybridized carbons (Fsp3) is 0.533. The molecule has 3 nitrogen and oxygen atoms in total. The highest BCUT2D eigenvalue weighted by Gasteiger charge is 2.30. The van der Waals surface area contributed by atoms with Crippen molar-refractivity contribution in [2.45, 2.75) is 39.2 Å². The Morgan fingerprint density at radius 1 is 1.30 bits per heavy atom. The van der Waals surface area contributed by atoms with Crippen molar-refractivity contribution in [1.29, 1.82) is 0 Å². The Balaban J connectivity index is 2.18. The van der Waals surface area contributed by atoms with Crippen LogP contribution in [0.1, 0.15) is 43.5 Å². The zero-order valence-corrected chi connectivity index (χ0v) is 11.7. The zero-order chi connectivity index (χ0) is 14.9. The molecule has 5 heteroatoms. The van der Waals surface area contributed by atoms with E-state index >= 15 is 0 Å². The summed E-state index contributed by atoms with van der Waals surface area (Å²) in [7, 11) is 0. The SMILES string of the molecule is CC1CCCC(NC(=O)c2c(F)ccc(N)c2F)C1C. The largest absolute Gasteiger partial charge is 0.396 e. The van der Waals surface area contributed by atoms with Crippen LogP contribution in [-0.2, 0) is 0 Å². The molecule has 1 aliphatic carbocycles. The van der Waals surface area contributed by atoms with Gasteiger partial charge in [0.25, 0.3) is 5.91 Å². The van der Waals surface area contributed by atoms with Gasteiger partial charge in [0, 0.05) is 6.04 Å². The third-order valence-electron chi connectivity index (χ3n) is 4.37. The molecular formula is C15H20F2N2O. The Kier molecular flexibility index (Phi) is 4.26. The maximum Gasteiger partial charge on any atom is 0.257 e. The summed E-state index contributed by atoms with van der Waals surface area (Å²) in [5, 5.41) is 2.75. The molecule has 0 aromatic heterocycles. The Morgan fingerprint density at radius 2 is 2.00 bits per heavy atom. The van der Waals surface area contributed by atoms with Crippen molar-refractivity contribution in [3.63, 3.8) is 0 Å². The number of amides is 1. The number of carbonyl (C=O) groups is 1. The second-order valence-corrected chi connectivity index (χ2v) is 5.67. The second kappa shape index (κ2) is 5.77. The van der Waals surface area contributed by atoms with Crippen molar-refractivity contribution < 1.29 is 13.6 Å². The van der Waals surface area contributed by atoms with Crippen LogP contribution in [-0.4, -0.2) is 11.9 Å². The van der Waals surface area contributed by atoms with Gasteiger partial charge in [-0.25, -0.2) is 8.78 Å². The molecule has 0 bridgehead atoms. The molecule has 0 spiro atoms. The van der Waals surface area contributed by atoms with Crippen molar-refractivity contribution in [2.24, 2.45) is 11.8 Å². The van der Waals surface area contributed by atoms with E-state index in [1.54, 1.807) is 0 Å². The summed E-state index contributed by atoms with van der Waals surface area (Å²) in [5.74, 6) is -1.81. The molecule has 1 aromatic carbocycles.